The number of hydrogen-bond donors (Lipinski definition) is 1. The van der Waals surface area contributed by atoms with Crippen molar-refractivity contribution >= 4 is 5.84 Å². The number of hydrogen-bond acceptors (Lipinski definition) is 1. The number of nitrogens with zero attached hydrogens (tertiary/aromatic N) is 1. The topological polar surface area (TPSA) is 24.4 Å². The van der Waals surface area contributed by atoms with Crippen LogP contribution in [0.5, 0.6) is 0 Å². The molecule has 2 aromatic carbocycles. The van der Waals surface area contributed by atoms with E-state index in [9.17, 15) is 0 Å². The van der Waals surface area contributed by atoms with Crippen LogP contribution in [0.3, 0.4) is 0 Å². The van der Waals surface area contributed by atoms with Gasteiger partial charge < -0.3 is 5.32 Å². The Kier molecular flexibility index (Phi) is 5.25. The van der Waals surface area contributed by atoms with Gasteiger partial charge in [-0.15, -0.1) is 0 Å². The Morgan fingerprint density at radius 3 is 2.09 bits per heavy atom. The lowest BCUT2D eigenvalue weighted by molar-refractivity contribution is 0.721. The zero-order valence-electron chi connectivity index (χ0n) is 13.0. The van der Waals surface area contributed by atoms with E-state index in [0.717, 1.165) is 19.5 Å². The summed E-state index contributed by atoms with van der Waals surface area (Å²) in [5.74, 6) is 1.52. The lowest BCUT2D eigenvalue weighted by Gasteiger charge is -2.17. The number of amidine groups is 1. The SMILES string of the molecule is c1ccc(C(CN=C2CCCCCN2)c2ccccc2)cc1. The minimum Gasteiger partial charge on any atom is -0.374 e. The second-order valence-corrected chi connectivity index (χ2v) is 5.90. The van der Waals surface area contributed by atoms with Crippen LogP contribution in [0.15, 0.2) is 65.7 Å². The van der Waals surface area contributed by atoms with Gasteiger partial charge in [-0.3, -0.25) is 4.99 Å². The molecule has 0 aliphatic carbocycles. The standard InChI is InChI=1S/C20H24N2/c1-4-10-17(11-5-1)19(18-12-6-2-7-13-18)16-22-20-14-8-3-9-15-21-20/h1-2,4-7,10-13,19H,3,8-9,14-16H2,(H,21,22). The van der Waals surface area contributed by atoms with Crippen LogP contribution in [0.1, 0.15) is 42.7 Å². The average molecular weight is 292 g/mol. The molecule has 2 heteroatoms. The minimum atomic E-state index is 0.333. The highest BCUT2D eigenvalue weighted by Crippen LogP contribution is 2.25. The molecule has 0 saturated carbocycles. The van der Waals surface area contributed by atoms with Gasteiger partial charge in [0.2, 0.25) is 0 Å². The zero-order chi connectivity index (χ0) is 15.0. The maximum atomic E-state index is 4.90. The van der Waals surface area contributed by atoms with E-state index in [1.165, 1.54) is 36.2 Å². The lowest BCUT2D eigenvalue weighted by Crippen LogP contribution is -2.23. The highest BCUT2D eigenvalue weighted by molar-refractivity contribution is 5.82. The van der Waals surface area contributed by atoms with E-state index in [4.69, 9.17) is 4.99 Å². The quantitative estimate of drug-likeness (QED) is 0.888. The molecular weight excluding hydrogens is 268 g/mol. The van der Waals surface area contributed by atoms with E-state index in [1.807, 2.05) is 0 Å². The molecule has 2 aromatic rings. The van der Waals surface area contributed by atoms with Crippen LogP contribution in [0.4, 0.5) is 0 Å². The van der Waals surface area contributed by atoms with Gasteiger partial charge in [-0.25, -0.2) is 0 Å². The Hall–Kier alpha value is -2.09. The minimum absolute atomic E-state index is 0.333. The van der Waals surface area contributed by atoms with Gasteiger partial charge in [0.15, 0.2) is 0 Å². The van der Waals surface area contributed by atoms with Crippen molar-refractivity contribution in [2.75, 3.05) is 13.1 Å². The first kappa shape index (κ1) is 14.8. The molecule has 0 spiro atoms. The summed E-state index contributed by atoms with van der Waals surface area (Å²) in [7, 11) is 0. The summed E-state index contributed by atoms with van der Waals surface area (Å²) < 4.78 is 0. The maximum absolute atomic E-state index is 4.90. The van der Waals surface area contributed by atoms with Crippen molar-refractivity contribution in [1.29, 1.82) is 0 Å². The molecule has 1 N–H and O–H groups in total. The Labute approximate surface area is 133 Å². The summed E-state index contributed by atoms with van der Waals surface area (Å²) in [6.07, 6.45) is 4.93. The molecule has 0 amide bonds. The maximum Gasteiger partial charge on any atom is 0.0963 e. The Bertz CT molecular complexity index is 540. The van der Waals surface area contributed by atoms with E-state index in [1.54, 1.807) is 0 Å². The van der Waals surface area contributed by atoms with E-state index >= 15 is 0 Å². The van der Waals surface area contributed by atoms with Crippen LogP contribution in [0, 0.1) is 0 Å². The van der Waals surface area contributed by atoms with Crippen molar-refractivity contribution in [3.8, 4) is 0 Å². The summed E-state index contributed by atoms with van der Waals surface area (Å²) in [6, 6.07) is 21.4. The summed E-state index contributed by atoms with van der Waals surface area (Å²) in [6.45, 7) is 1.89. The van der Waals surface area contributed by atoms with Crippen LogP contribution < -0.4 is 5.32 Å². The van der Waals surface area contributed by atoms with Gasteiger partial charge in [-0.05, 0) is 24.0 Å². The van der Waals surface area contributed by atoms with Crippen molar-refractivity contribution in [2.45, 2.75) is 31.6 Å². The third-order valence-corrected chi connectivity index (χ3v) is 4.29. The fourth-order valence-corrected chi connectivity index (χ4v) is 3.03. The van der Waals surface area contributed by atoms with E-state index in [0.29, 0.717) is 5.92 Å². The van der Waals surface area contributed by atoms with Gasteiger partial charge in [0, 0.05) is 18.9 Å². The summed E-state index contributed by atoms with van der Waals surface area (Å²) in [4.78, 5) is 4.90. The highest BCUT2D eigenvalue weighted by atomic mass is 15.0. The molecule has 0 atom stereocenters. The van der Waals surface area contributed by atoms with Crippen LogP contribution in [-0.2, 0) is 0 Å². The monoisotopic (exact) mass is 292 g/mol. The number of nitrogens with one attached hydrogen (secondary N) is 1. The van der Waals surface area contributed by atoms with Crippen molar-refractivity contribution in [3.05, 3.63) is 71.8 Å². The highest BCUT2D eigenvalue weighted by Gasteiger charge is 2.14. The first-order chi connectivity index (χ1) is 10.9. The zero-order valence-corrected chi connectivity index (χ0v) is 13.0. The first-order valence-corrected chi connectivity index (χ1v) is 8.30. The molecule has 0 unspecified atom stereocenters. The largest absolute Gasteiger partial charge is 0.374 e. The van der Waals surface area contributed by atoms with E-state index in [-0.39, 0.29) is 0 Å². The predicted octanol–water partition coefficient (Wildman–Crippen LogP) is 4.38. The molecule has 1 aliphatic rings. The fraction of sp³-hybridized carbons (Fsp3) is 0.350. The van der Waals surface area contributed by atoms with Gasteiger partial charge >= 0.3 is 0 Å². The lowest BCUT2D eigenvalue weighted by atomic mass is 9.91. The Balaban J connectivity index is 1.81. The van der Waals surface area contributed by atoms with Gasteiger partial charge in [-0.1, -0.05) is 67.1 Å². The van der Waals surface area contributed by atoms with E-state index < -0.39 is 0 Å². The van der Waals surface area contributed by atoms with Crippen LogP contribution in [0.25, 0.3) is 0 Å². The Morgan fingerprint density at radius 2 is 1.45 bits per heavy atom. The normalized spacial score (nSPS) is 17.2. The molecule has 0 bridgehead atoms. The second kappa shape index (κ2) is 7.79. The number of benzene rings is 2. The second-order valence-electron chi connectivity index (χ2n) is 5.90. The molecule has 1 heterocycles. The molecule has 0 radical (unpaired) electrons. The van der Waals surface area contributed by atoms with Gasteiger partial charge in [-0.2, -0.15) is 0 Å². The number of aliphatic imine (C=N–C) groups is 1. The number of rotatable bonds is 4. The molecule has 1 fully saturated rings. The summed E-state index contributed by atoms with van der Waals surface area (Å²) in [5.41, 5.74) is 2.68. The Morgan fingerprint density at radius 1 is 0.818 bits per heavy atom. The van der Waals surface area contributed by atoms with E-state index in [2.05, 4.69) is 66.0 Å². The summed E-state index contributed by atoms with van der Waals surface area (Å²) >= 11 is 0. The fourth-order valence-electron chi connectivity index (χ4n) is 3.03. The van der Waals surface area contributed by atoms with Crippen LogP contribution in [-0.4, -0.2) is 18.9 Å². The molecule has 22 heavy (non-hydrogen) atoms. The smallest absolute Gasteiger partial charge is 0.0963 e. The molecule has 114 valence electrons. The third-order valence-electron chi connectivity index (χ3n) is 4.29. The molecular formula is C20H24N2. The average Bonchev–Trinajstić information content (AvgIpc) is 2.86. The third kappa shape index (κ3) is 3.97. The molecule has 1 saturated heterocycles. The van der Waals surface area contributed by atoms with Crippen molar-refractivity contribution < 1.29 is 0 Å². The summed E-state index contributed by atoms with van der Waals surface area (Å²) in [5, 5.41) is 3.49. The predicted molar refractivity (Wildman–Crippen MR) is 93.5 cm³/mol. The molecule has 3 rings (SSSR count). The molecule has 0 aromatic heterocycles. The van der Waals surface area contributed by atoms with Crippen molar-refractivity contribution in [2.24, 2.45) is 4.99 Å². The van der Waals surface area contributed by atoms with Crippen molar-refractivity contribution in [3.63, 3.8) is 0 Å². The molecule has 1 aliphatic heterocycles. The van der Waals surface area contributed by atoms with Gasteiger partial charge in [0.05, 0.1) is 12.4 Å². The van der Waals surface area contributed by atoms with Crippen LogP contribution >= 0.6 is 0 Å². The molecule has 2 nitrogen and oxygen atoms in total. The van der Waals surface area contributed by atoms with Crippen molar-refractivity contribution in [1.82, 2.24) is 5.32 Å². The van der Waals surface area contributed by atoms with Crippen LogP contribution in [0.2, 0.25) is 0 Å². The first-order valence-electron chi connectivity index (χ1n) is 8.30. The van der Waals surface area contributed by atoms with Gasteiger partial charge in [0.25, 0.3) is 0 Å². The van der Waals surface area contributed by atoms with Gasteiger partial charge in [0.1, 0.15) is 0 Å².